The van der Waals surface area contributed by atoms with E-state index in [1.165, 1.54) is 0 Å². The molecule has 1 amide bonds. The molecule has 5 nitrogen and oxygen atoms in total. The summed E-state index contributed by atoms with van der Waals surface area (Å²) >= 11 is 0. The fraction of sp³-hybridized carbons (Fsp3) is 0.158. The van der Waals surface area contributed by atoms with E-state index in [2.05, 4.69) is 10.4 Å². The Morgan fingerprint density at radius 3 is 2.50 bits per heavy atom. The second kappa shape index (κ2) is 7.00. The van der Waals surface area contributed by atoms with Crippen molar-refractivity contribution in [2.45, 2.75) is 6.54 Å². The van der Waals surface area contributed by atoms with Gasteiger partial charge in [0.2, 0.25) is 0 Å². The van der Waals surface area contributed by atoms with E-state index in [0.29, 0.717) is 12.2 Å². The molecule has 2 aromatic carbocycles. The van der Waals surface area contributed by atoms with Crippen LogP contribution in [0.4, 0.5) is 0 Å². The Hall–Kier alpha value is -3.08. The number of carbonyl (C=O) groups excluding carboxylic acids is 1. The zero-order valence-electron chi connectivity index (χ0n) is 13.7. The number of nitrogens with one attached hydrogen (secondary N) is 1. The van der Waals surface area contributed by atoms with Crippen molar-refractivity contribution in [2.75, 3.05) is 7.11 Å². The van der Waals surface area contributed by atoms with Crippen molar-refractivity contribution < 1.29 is 9.53 Å². The van der Waals surface area contributed by atoms with Crippen molar-refractivity contribution >= 4 is 5.91 Å². The molecule has 122 valence electrons. The van der Waals surface area contributed by atoms with Crippen LogP contribution in [0.25, 0.3) is 11.3 Å². The number of benzene rings is 2. The molecule has 0 aliphatic carbocycles. The third kappa shape index (κ3) is 3.46. The normalized spacial score (nSPS) is 10.4. The van der Waals surface area contributed by atoms with Gasteiger partial charge >= 0.3 is 0 Å². The number of methoxy groups -OCH3 is 1. The number of nitrogens with zero attached hydrogens (tertiary/aromatic N) is 2. The van der Waals surface area contributed by atoms with Crippen molar-refractivity contribution in [1.29, 1.82) is 0 Å². The molecule has 0 bridgehead atoms. The van der Waals surface area contributed by atoms with Gasteiger partial charge in [-0.05, 0) is 35.9 Å². The van der Waals surface area contributed by atoms with Gasteiger partial charge < -0.3 is 10.1 Å². The highest BCUT2D eigenvalue weighted by molar-refractivity contribution is 5.93. The molecule has 0 spiro atoms. The van der Waals surface area contributed by atoms with Crippen LogP contribution in [0.1, 0.15) is 16.1 Å². The largest absolute Gasteiger partial charge is 0.497 e. The molecular weight excluding hydrogens is 302 g/mol. The molecule has 3 rings (SSSR count). The summed E-state index contributed by atoms with van der Waals surface area (Å²) in [6, 6.07) is 19.3. The van der Waals surface area contributed by atoms with Crippen LogP contribution >= 0.6 is 0 Å². The van der Waals surface area contributed by atoms with E-state index < -0.39 is 0 Å². The average Bonchev–Trinajstić information content (AvgIpc) is 3.02. The van der Waals surface area contributed by atoms with E-state index in [4.69, 9.17) is 4.74 Å². The lowest BCUT2D eigenvalue weighted by molar-refractivity contribution is 0.0945. The Kier molecular flexibility index (Phi) is 4.61. The van der Waals surface area contributed by atoms with Crippen LogP contribution in [-0.4, -0.2) is 22.8 Å². The van der Waals surface area contributed by atoms with Gasteiger partial charge in [-0.15, -0.1) is 0 Å². The summed E-state index contributed by atoms with van der Waals surface area (Å²) in [4.78, 5) is 12.3. The van der Waals surface area contributed by atoms with Crippen molar-refractivity contribution in [1.82, 2.24) is 15.1 Å². The van der Waals surface area contributed by atoms with E-state index in [9.17, 15) is 4.79 Å². The summed E-state index contributed by atoms with van der Waals surface area (Å²) in [7, 11) is 3.46. The molecule has 3 aromatic rings. The fourth-order valence-corrected chi connectivity index (χ4v) is 2.48. The highest BCUT2D eigenvalue weighted by atomic mass is 16.5. The highest BCUT2D eigenvalue weighted by Gasteiger charge is 2.13. The summed E-state index contributed by atoms with van der Waals surface area (Å²) in [5, 5.41) is 7.21. The van der Waals surface area contributed by atoms with Crippen molar-refractivity contribution in [3.05, 3.63) is 71.9 Å². The molecule has 5 heteroatoms. The van der Waals surface area contributed by atoms with Gasteiger partial charge in [-0.1, -0.05) is 30.3 Å². The maximum absolute atomic E-state index is 12.3. The van der Waals surface area contributed by atoms with Gasteiger partial charge in [-0.2, -0.15) is 5.10 Å². The third-order valence-electron chi connectivity index (χ3n) is 3.79. The molecule has 0 saturated carbocycles. The van der Waals surface area contributed by atoms with Gasteiger partial charge in [-0.3, -0.25) is 9.48 Å². The van der Waals surface area contributed by atoms with Crippen LogP contribution in [0, 0.1) is 0 Å². The number of hydrogen-bond donors (Lipinski definition) is 1. The maximum atomic E-state index is 12.3. The Morgan fingerprint density at radius 1 is 1.12 bits per heavy atom. The summed E-state index contributed by atoms with van der Waals surface area (Å²) in [6.45, 7) is 0.480. The summed E-state index contributed by atoms with van der Waals surface area (Å²) in [5.41, 5.74) is 3.31. The van der Waals surface area contributed by atoms with Crippen LogP contribution in [0.5, 0.6) is 5.75 Å². The quantitative estimate of drug-likeness (QED) is 0.786. The number of amides is 1. The highest BCUT2D eigenvalue weighted by Crippen LogP contribution is 2.22. The number of rotatable bonds is 5. The number of carbonyl (C=O) groups is 1. The maximum Gasteiger partial charge on any atom is 0.272 e. The Morgan fingerprint density at radius 2 is 1.83 bits per heavy atom. The minimum Gasteiger partial charge on any atom is -0.497 e. The first kappa shape index (κ1) is 15.8. The van der Waals surface area contributed by atoms with E-state index in [1.54, 1.807) is 17.9 Å². The standard InChI is InChI=1S/C19H19N3O2/c1-22-18(15-8-10-16(24-2)11-9-15)12-17(21-22)19(23)20-13-14-6-4-3-5-7-14/h3-12H,13H2,1-2H3,(H,20,23). The minimum absolute atomic E-state index is 0.186. The van der Waals surface area contributed by atoms with E-state index >= 15 is 0 Å². The van der Waals surface area contributed by atoms with E-state index in [1.807, 2.05) is 61.6 Å². The molecule has 0 aliphatic heterocycles. The molecule has 0 unspecified atom stereocenters. The van der Waals surface area contributed by atoms with Crippen molar-refractivity contribution in [3.63, 3.8) is 0 Å². The van der Waals surface area contributed by atoms with E-state index in [-0.39, 0.29) is 5.91 Å². The zero-order chi connectivity index (χ0) is 16.9. The zero-order valence-corrected chi connectivity index (χ0v) is 13.7. The number of aryl methyl sites for hydroxylation is 1. The van der Waals surface area contributed by atoms with Crippen molar-refractivity contribution in [3.8, 4) is 17.0 Å². The summed E-state index contributed by atoms with van der Waals surface area (Å²) < 4.78 is 6.87. The van der Waals surface area contributed by atoms with Gasteiger partial charge in [0, 0.05) is 19.2 Å². The van der Waals surface area contributed by atoms with Gasteiger partial charge in [-0.25, -0.2) is 0 Å². The van der Waals surface area contributed by atoms with Crippen LogP contribution in [0.3, 0.4) is 0 Å². The topological polar surface area (TPSA) is 56.1 Å². The number of aromatic nitrogens is 2. The van der Waals surface area contributed by atoms with Gasteiger partial charge in [0.05, 0.1) is 12.8 Å². The minimum atomic E-state index is -0.186. The number of ether oxygens (including phenoxy) is 1. The Balaban J connectivity index is 1.74. The lowest BCUT2D eigenvalue weighted by Crippen LogP contribution is -2.23. The van der Waals surface area contributed by atoms with Gasteiger partial charge in [0.1, 0.15) is 5.75 Å². The second-order valence-corrected chi connectivity index (χ2v) is 5.44. The monoisotopic (exact) mass is 321 g/mol. The molecule has 0 saturated heterocycles. The molecule has 0 aliphatic rings. The molecule has 1 heterocycles. The molecule has 24 heavy (non-hydrogen) atoms. The summed E-state index contributed by atoms with van der Waals surface area (Å²) in [5.74, 6) is 0.607. The average molecular weight is 321 g/mol. The van der Waals surface area contributed by atoms with Crippen LogP contribution in [0.2, 0.25) is 0 Å². The first-order chi connectivity index (χ1) is 11.7. The third-order valence-corrected chi connectivity index (χ3v) is 3.79. The fourth-order valence-electron chi connectivity index (χ4n) is 2.48. The predicted octanol–water partition coefficient (Wildman–Crippen LogP) is 3.03. The van der Waals surface area contributed by atoms with Gasteiger partial charge in [0.25, 0.3) is 5.91 Å². The SMILES string of the molecule is COc1ccc(-c2cc(C(=O)NCc3ccccc3)nn2C)cc1. The van der Waals surface area contributed by atoms with Crippen molar-refractivity contribution in [2.24, 2.45) is 7.05 Å². The molecule has 0 atom stereocenters. The molecule has 0 fully saturated rings. The first-order valence-electron chi connectivity index (χ1n) is 7.68. The van der Waals surface area contributed by atoms with Crippen LogP contribution < -0.4 is 10.1 Å². The Labute approximate surface area is 140 Å². The smallest absolute Gasteiger partial charge is 0.272 e. The molecule has 1 N–H and O–H groups in total. The lowest BCUT2D eigenvalue weighted by Gasteiger charge is -2.03. The van der Waals surface area contributed by atoms with Crippen LogP contribution in [-0.2, 0) is 13.6 Å². The molecule has 1 aromatic heterocycles. The van der Waals surface area contributed by atoms with Crippen LogP contribution in [0.15, 0.2) is 60.7 Å². The Bertz CT molecular complexity index is 824. The molecular formula is C19H19N3O2. The predicted molar refractivity (Wildman–Crippen MR) is 92.8 cm³/mol. The van der Waals surface area contributed by atoms with E-state index in [0.717, 1.165) is 22.6 Å². The second-order valence-electron chi connectivity index (χ2n) is 5.44. The summed E-state index contributed by atoms with van der Waals surface area (Å²) in [6.07, 6.45) is 0. The van der Waals surface area contributed by atoms with Gasteiger partial charge in [0.15, 0.2) is 5.69 Å². The first-order valence-corrected chi connectivity index (χ1v) is 7.68. The number of hydrogen-bond acceptors (Lipinski definition) is 3. The molecule has 0 radical (unpaired) electrons. The lowest BCUT2D eigenvalue weighted by atomic mass is 10.1.